The van der Waals surface area contributed by atoms with Crippen LogP contribution in [0.5, 0.6) is 0 Å². The van der Waals surface area contributed by atoms with Gasteiger partial charge in [0.25, 0.3) is 0 Å². The third kappa shape index (κ3) is 1.78. The molecule has 5 heteroatoms. The van der Waals surface area contributed by atoms with Crippen LogP contribution < -0.4 is 0 Å². The van der Waals surface area contributed by atoms with Crippen molar-refractivity contribution in [3.8, 4) is 0 Å². The fraction of sp³-hybridized carbons (Fsp3) is 0.667. The highest BCUT2D eigenvalue weighted by molar-refractivity contribution is 6.29. The van der Waals surface area contributed by atoms with Crippen LogP contribution in [0.3, 0.4) is 0 Å². The van der Waals surface area contributed by atoms with Gasteiger partial charge >= 0.3 is 0 Å². The van der Waals surface area contributed by atoms with E-state index in [0.717, 1.165) is 12.4 Å². The number of hydrogen-bond acceptors (Lipinski definition) is 3. The van der Waals surface area contributed by atoms with Crippen molar-refractivity contribution in [2.75, 3.05) is 13.1 Å². The Morgan fingerprint density at radius 1 is 1.64 bits per heavy atom. The Kier molecular flexibility index (Phi) is 2.29. The third-order valence-corrected chi connectivity index (χ3v) is 2.87. The van der Waals surface area contributed by atoms with E-state index < -0.39 is 5.60 Å². The van der Waals surface area contributed by atoms with Crippen molar-refractivity contribution in [3.63, 3.8) is 0 Å². The minimum Gasteiger partial charge on any atom is -0.388 e. The molecule has 1 fully saturated rings. The first-order valence-corrected chi connectivity index (χ1v) is 4.96. The molecule has 14 heavy (non-hydrogen) atoms. The van der Waals surface area contributed by atoms with E-state index in [1.54, 1.807) is 6.20 Å². The van der Waals surface area contributed by atoms with Crippen molar-refractivity contribution >= 4 is 11.6 Å². The Hall–Kier alpha value is -0.580. The van der Waals surface area contributed by atoms with E-state index in [9.17, 15) is 5.11 Å². The monoisotopic (exact) mass is 215 g/mol. The van der Waals surface area contributed by atoms with Crippen molar-refractivity contribution in [3.05, 3.63) is 17.2 Å². The molecule has 0 atom stereocenters. The molecule has 1 N–H and O–H groups in total. The second-order valence-corrected chi connectivity index (χ2v) is 4.59. The summed E-state index contributed by atoms with van der Waals surface area (Å²) in [4.78, 5) is 6.33. The van der Waals surface area contributed by atoms with Crippen LogP contribution in [0.1, 0.15) is 12.7 Å². The molecule has 78 valence electrons. The number of imidazole rings is 1. The van der Waals surface area contributed by atoms with Crippen molar-refractivity contribution in [1.29, 1.82) is 0 Å². The lowest BCUT2D eigenvalue weighted by Gasteiger charge is -2.43. The molecule has 0 unspecified atom stereocenters. The molecule has 0 bridgehead atoms. The zero-order valence-corrected chi connectivity index (χ0v) is 9.12. The van der Waals surface area contributed by atoms with E-state index in [2.05, 4.69) is 9.88 Å². The molecule has 2 heterocycles. The predicted octanol–water partition coefficient (Wildman–Crippen LogP) is 0.640. The summed E-state index contributed by atoms with van der Waals surface area (Å²) < 4.78 is 1.86. The second kappa shape index (κ2) is 3.22. The number of halogens is 1. The van der Waals surface area contributed by atoms with Gasteiger partial charge in [0.15, 0.2) is 0 Å². The van der Waals surface area contributed by atoms with Crippen LogP contribution in [-0.2, 0) is 13.6 Å². The zero-order valence-electron chi connectivity index (χ0n) is 8.37. The fourth-order valence-electron chi connectivity index (χ4n) is 1.80. The van der Waals surface area contributed by atoms with Crippen molar-refractivity contribution in [2.24, 2.45) is 7.05 Å². The van der Waals surface area contributed by atoms with Gasteiger partial charge in [-0.15, -0.1) is 0 Å². The maximum atomic E-state index is 9.54. The second-order valence-electron chi connectivity index (χ2n) is 4.20. The fourth-order valence-corrected chi connectivity index (χ4v) is 1.95. The van der Waals surface area contributed by atoms with E-state index in [0.29, 0.717) is 18.2 Å². The maximum Gasteiger partial charge on any atom is 0.128 e. The van der Waals surface area contributed by atoms with Gasteiger partial charge in [-0.3, -0.25) is 4.90 Å². The maximum absolute atomic E-state index is 9.54. The van der Waals surface area contributed by atoms with E-state index in [4.69, 9.17) is 11.6 Å². The zero-order chi connectivity index (χ0) is 10.3. The molecular formula is C9H14ClN3O. The number of rotatable bonds is 2. The molecular weight excluding hydrogens is 202 g/mol. The molecule has 1 aliphatic heterocycles. The van der Waals surface area contributed by atoms with Crippen LogP contribution in [0, 0.1) is 0 Å². The van der Waals surface area contributed by atoms with Crippen molar-refractivity contribution in [1.82, 2.24) is 14.5 Å². The molecule has 0 aliphatic carbocycles. The molecule has 0 radical (unpaired) electrons. The molecule has 0 saturated carbocycles. The average Bonchev–Trinajstić information content (AvgIpc) is 2.33. The van der Waals surface area contributed by atoms with Crippen LogP contribution in [-0.4, -0.2) is 38.2 Å². The largest absolute Gasteiger partial charge is 0.388 e. The van der Waals surface area contributed by atoms with Gasteiger partial charge in [0.05, 0.1) is 18.3 Å². The van der Waals surface area contributed by atoms with Crippen LogP contribution >= 0.6 is 11.6 Å². The van der Waals surface area contributed by atoms with Crippen molar-refractivity contribution < 1.29 is 5.11 Å². The van der Waals surface area contributed by atoms with Crippen LogP contribution in [0.25, 0.3) is 0 Å². The minimum absolute atomic E-state index is 0.519. The van der Waals surface area contributed by atoms with E-state index in [1.807, 2.05) is 18.5 Å². The molecule has 1 aromatic heterocycles. The number of likely N-dealkylation sites (tertiary alicyclic amines) is 1. The van der Waals surface area contributed by atoms with Gasteiger partial charge in [0, 0.05) is 20.1 Å². The molecule has 1 aliphatic rings. The normalized spacial score (nSPS) is 20.9. The summed E-state index contributed by atoms with van der Waals surface area (Å²) in [6.07, 6.45) is 1.65. The lowest BCUT2D eigenvalue weighted by molar-refractivity contribution is -0.0882. The lowest BCUT2D eigenvalue weighted by atomic mass is 9.97. The molecule has 1 aromatic rings. The summed E-state index contributed by atoms with van der Waals surface area (Å²) in [5, 5.41) is 10.2. The topological polar surface area (TPSA) is 41.3 Å². The average molecular weight is 216 g/mol. The van der Waals surface area contributed by atoms with Gasteiger partial charge in [-0.1, -0.05) is 11.6 Å². The summed E-state index contributed by atoms with van der Waals surface area (Å²) >= 11 is 5.86. The number of nitrogens with zero attached hydrogens (tertiary/aromatic N) is 3. The Bertz CT molecular complexity index is 340. The first-order chi connectivity index (χ1) is 6.48. The van der Waals surface area contributed by atoms with Gasteiger partial charge < -0.3 is 9.67 Å². The molecule has 2 rings (SSSR count). The summed E-state index contributed by atoms with van der Waals surface area (Å²) in [6.45, 7) is 4.00. The van der Waals surface area contributed by atoms with Crippen LogP contribution in [0.2, 0.25) is 5.15 Å². The van der Waals surface area contributed by atoms with E-state index in [-0.39, 0.29) is 0 Å². The molecule has 0 aromatic carbocycles. The van der Waals surface area contributed by atoms with Gasteiger partial charge in [0.2, 0.25) is 0 Å². The summed E-state index contributed by atoms with van der Waals surface area (Å²) in [5.74, 6) is 0.936. The molecule has 0 spiro atoms. The first-order valence-electron chi connectivity index (χ1n) is 4.59. The number of aliphatic hydroxyl groups is 1. The molecule has 1 saturated heterocycles. The van der Waals surface area contributed by atoms with Gasteiger partial charge in [-0.05, 0) is 6.92 Å². The van der Waals surface area contributed by atoms with Crippen LogP contribution in [0.15, 0.2) is 6.20 Å². The highest BCUT2D eigenvalue weighted by Gasteiger charge is 2.36. The Morgan fingerprint density at radius 2 is 2.29 bits per heavy atom. The number of hydrogen-bond donors (Lipinski definition) is 1. The highest BCUT2D eigenvalue weighted by atomic mass is 35.5. The van der Waals surface area contributed by atoms with E-state index in [1.165, 1.54) is 0 Å². The Balaban J connectivity index is 1.97. The summed E-state index contributed by atoms with van der Waals surface area (Å²) in [6, 6.07) is 0. The Morgan fingerprint density at radius 3 is 2.71 bits per heavy atom. The summed E-state index contributed by atoms with van der Waals surface area (Å²) in [7, 11) is 1.89. The third-order valence-electron chi connectivity index (χ3n) is 2.52. The SMILES string of the molecule is Cn1c(Cl)cnc1CN1CC(C)(O)C1. The molecule has 0 amide bonds. The number of aromatic nitrogens is 2. The first kappa shape index (κ1) is 9.96. The summed E-state index contributed by atoms with van der Waals surface area (Å²) in [5.41, 5.74) is -0.519. The quantitative estimate of drug-likeness (QED) is 0.788. The number of β-amino-alcohol motifs (C(OH)–C–C–N with tert-alkyl or cyclic N) is 1. The smallest absolute Gasteiger partial charge is 0.128 e. The van der Waals surface area contributed by atoms with Gasteiger partial charge in [-0.2, -0.15) is 0 Å². The standard InChI is InChI=1S/C9H14ClN3O/c1-9(14)5-13(6-9)4-8-11-3-7(10)12(8)2/h3,14H,4-6H2,1-2H3. The molecule has 4 nitrogen and oxygen atoms in total. The van der Waals surface area contributed by atoms with E-state index >= 15 is 0 Å². The lowest BCUT2D eigenvalue weighted by Crippen LogP contribution is -2.59. The Labute approximate surface area is 88.1 Å². The van der Waals surface area contributed by atoms with Crippen molar-refractivity contribution in [2.45, 2.75) is 19.1 Å². The predicted molar refractivity (Wildman–Crippen MR) is 54.1 cm³/mol. The van der Waals surface area contributed by atoms with Crippen LogP contribution in [0.4, 0.5) is 0 Å². The van der Waals surface area contributed by atoms with Gasteiger partial charge in [0.1, 0.15) is 11.0 Å². The van der Waals surface area contributed by atoms with Gasteiger partial charge in [-0.25, -0.2) is 4.98 Å². The highest BCUT2D eigenvalue weighted by Crippen LogP contribution is 2.22. The minimum atomic E-state index is -0.519.